The van der Waals surface area contributed by atoms with Gasteiger partial charge in [0.2, 0.25) is 5.91 Å². The third-order valence-electron chi connectivity index (χ3n) is 2.85. The number of carboxylic acids is 1. The van der Waals surface area contributed by atoms with Gasteiger partial charge >= 0.3 is 5.97 Å². The van der Waals surface area contributed by atoms with Crippen molar-refractivity contribution >= 4 is 29.3 Å². The largest absolute Gasteiger partial charge is 0.478 e. The summed E-state index contributed by atoms with van der Waals surface area (Å²) in [7, 11) is 0. The first-order valence-electron chi connectivity index (χ1n) is 6.40. The highest BCUT2D eigenvalue weighted by Gasteiger charge is 2.11. The molecule has 0 aromatic carbocycles. The fourth-order valence-electron chi connectivity index (χ4n) is 1.73. The summed E-state index contributed by atoms with van der Waals surface area (Å²) in [5.41, 5.74) is -0.0146. The van der Waals surface area contributed by atoms with Crippen LogP contribution in [-0.2, 0) is 4.79 Å². The fraction of sp³-hybridized carbons (Fsp3) is 0.462. The lowest BCUT2D eigenvalue weighted by molar-refractivity contribution is -0.130. The average Bonchev–Trinajstić information content (AvgIpc) is 2.41. The highest BCUT2D eigenvalue weighted by atomic mass is 35.5. The normalized spacial score (nSPS) is 10.2. The first-order chi connectivity index (χ1) is 9.49. The molecule has 7 heteroatoms. The van der Waals surface area contributed by atoms with E-state index in [1.807, 2.05) is 13.8 Å². The molecular weight excluding hydrogens is 282 g/mol. The number of anilines is 1. The summed E-state index contributed by atoms with van der Waals surface area (Å²) in [5, 5.41) is 11.9. The molecule has 1 heterocycles. The van der Waals surface area contributed by atoms with Gasteiger partial charge < -0.3 is 15.3 Å². The Bertz CT molecular complexity index is 490. The van der Waals surface area contributed by atoms with Gasteiger partial charge in [-0.3, -0.25) is 4.79 Å². The molecule has 110 valence electrons. The molecule has 1 aromatic rings. The fourth-order valence-corrected chi connectivity index (χ4v) is 1.92. The maximum atomic E-state index is 11.8. The smallest absolute Gasteiger partial charge is 0.337 e. The van der Waals surface area contributed by atoms with E-state index in [2.05, 4.69) is 10.3 Å². The molecule has 0 unspecified atom stereocenters. The summed E-state index contributed by atoms with van der Waals surface area (Å²) in [5.74, 6) is -0.672. The van der Waals surface area contributed by atoms with E-state index in [9.17, 15) is 9.59 Å². The third-order valence-corrected chi connectivity index (χ3v) is 3.15. The Hall–Kier alpha value is -1.82. The van der Waals surface area contributed by atoms with Crippen molar-refractivity contribution in [2.75, 3.05) is 25.0 Å². The first kappa shape index (κ1) is 16.2. The Kier molecular flexibility index (Phi) is 6.24. The number of aromatic carboxylic acids is 1. The summed E-state index contributed by atoms with van der Waals surface area (Å²) in [6.07, 6.45) is 1.61. The van der Waals surface area contributed by atoms with Gasteiger partial charge in [-0.25, -0.2) is 9.78 Å². The molecule has 0 fully saturated rings. The highest BCUT2D eigenvalue weighted by Crippen LogP contribution is 2.17. The van der Waals surface area contributed by atoms with Gasteiger partial charge in [-0.2, -0.15) is 0 Å². The third kappa shape index (κ3) is 4.38. The van der Waals surface area contributed by atoms with E-state index in [-0.39, 0.29) is 16.5 Å². The quantitative estimate of drug-likeness (QED) is 0.805. The zero-order valence-electron chi connectivity index (χ0n) is 11.5. The Balaban J connectivity index is 2.56. The number of aromatic nitrogens is 1. The number of amides is 1. The topological polar surface area (TPSA) is 82.5 Å². The molecule has 0 spiro atoms. The lowest BCUT2D eigenvalue weighted by Gasteiger charge is -2.18. The van der Waals surface area contributed by atoms with Crippen molar-refractivity contribution in [1.82, 2.24) is 9.88 Å². The number of halogens is 1. The molecule has 0 saturated carbocycles. The molecule has 0 aliphatic rings. The number of rotatable bonds is 7. The molecule has 2 N–H and O–H groups in total. The van der Waals surface area contributed by atoms with Crippen molar-refractivity contribution in [2.24, 2.45) is 0 Å². The number of hydrogen-bond acceptors (Lipinski definition) is 4. The number of carbonyl (C=O) groups is 2. The SMILES string of the molecule is CCN(CC)C(=O)CCNc1cc(C(=O)O)c(Cl)cn1. The van der Waals surface area contributed by atoms with Gasteiger partial charge in [-0.05, 0) is 19.9 Å². The Morgan fingerprint density at radius 1 is 1.40 bits per heavy atom. The second kappa shape index (κ2) is 7.69. The predicted octanol–water partition coefficient (Wildman–Crippen LogP) is 2.10. The van der Waals surface area contributed by atoms with Crippen LogP contribution in [0.5, 0.6) is 0 Å². The van der Waals surface area contributed by atoms with Crippen LogP contribution in [0.1, 0.15) is 30.6 Å². The van der Waals surface area contributed by atoms with Crippen molar-refractivity contribution in [2.45, 2.75) is 20.3 Å². The standard InChI is InChI=1S/C13H18ClN3O3/c1-3-17(4-2)12(18)5-6-15-11-7-9(13(19)20)10(14)8-16-11/h7-8H,3-6H2,1-2H3,(H,15,16)(H,19,20). The van der Waals surface area contributed by atoms with E-state index < -0.39 is 5.97 Å². The molecule has 0 saturated heterocycles. The maximum absolute atomic E-state index is 11.8. The van der Waals surface area contributed by atoms with Gasteiger partial charge in [-0.1, -0.05) is 11.6 Å². The summed E-state index contributed by atoms with van der Waals surface area (Å²) < 4.78 is 0. The molecule has 1 rings (SSSR count). The molecular formula is C13H18ClN3O3. The van der Waals surface area contributed by atoms with Gasteiger partial charge in [0.15, 0.2) is 0 Å². The molecule has 0 aliphatic carbocycles. The Labute approximate surface area is 122 Å². The lowest BCUT2D eigenvalue weighted by atomic mass is 10.2. The minimum atomic E-state index is -1.11. The van der Waals surface area contributed by atoms with Gasteiger partial charge in [0.1, 0.15) is 5.82 Å². The molecule has 6 nitrogen and oxygen atoms in total. The van der Waals surface area contributed by atoms with Crippen LogP contribution >= 0.6 is 11.6 Å². The molecule has 0 atom stereocenters. The Morgan fingerprint density at radius 2 is 2.05 bits per heavy atom. The molecule has 1 amide bonds. The van der Waals surface area contributed by atoms with E-state index in [0.29, 0.717) is 31.9 Å². The van der Waals surface area contributed by atoms with E-state index >= 15 is 0 Å². The number of nitrogens with one attached hydrogen (secondary N) is 1. The summed E-state index contributed by atoms with van der Waals surface area (Å²) in [6.45, 7) is 5.60. The van der Waals surface area contributed by atoms with E-state index in [0.717, 1.165) is 0 Å². The average molecular weight is 300 g/mol. The summed E-state index contributed by atoms with van der Waals surface area (Å²) in [6, 6.07) is 1.35. The summed E-state index contributed by atoms with van der Waals surface area (Å²) in [4.78, 5) is 28.4. The van der Waals surface area contributed by atoms with Crippen molar-refractivity contribution in [3.8, 4) is 0 Å². The van der Waals surface area contributed by atoms with Crippen LogP contribution < -0.4 is 5.32 Å². The molecule has 1 aromatic heterocycles. The number of carboxylic acid groups (broad SMARTS) is 1. The van der Waals surface area contributed by atoms with E-state index in [1.54, 1.807) is 4.90 Å². The number of pyridine rings is 1. The van der Waals surface area contributed by atoms with E-state index in [4.69, 9.17) is 16.7 Å². The van der Waals surface area contributed by atoms with Gasteiger partial charge in [-0.15, -0.1) is 0 Å². The molecule has 20 heavy (non-hydrogen) atoms. The van der Waals surface area contributed by atoms with Crippen molar-refractivity contribution in [3.63, 3.8) is 0 Å². The van der Waals surface area contributed by atoms with Gasteiger partial charge in [0, 0.05) is 32.3 Å². The van der Waals surface area contributed by atoms with Crippen LogP contribution in [0.2, 0.25) is 5.02 Å². The van der Waals surface area contributed by atoms with Gasteiger partial charge in [0.25, 0.3) is 0 Å². The van der Waals surface area contributed by atoms with Crippen molar-refractivity contribution in [3.05, 3.63) is 22.8 Å². The Morgan fingerprint density at radius 3 is 2.60 bits per heavy atom. The zero-order chi connectivity index (χ0) is 15.1. The monoisotopic (exact) mass is 299 g/mol. The predicted molar refractivity (Wildman–Crippen MR) is 77.2 cm³/mol. The number of carbonyl (C=O) groups excluding carboxylic acids is 1. The van der Waals surface area contributed by atoms with Crippen LogP contribution in [0.15, 0.2) is 12.3 Å². The minimum absolute atomic E-state index is 0.0146. The molecule has 0 aliphatic heterocycles. The zero-order valence-corrected chi connectivity index (χ0v) is 12.3. The first-order valence-corrected chi connectivity index (χ1v) is 6.77. The van der Waals surface area contributed by atoms with Crippen LogP contribution in [-0.4, -0.2) is 46.5 Å². The minimum Gasteiger partial charge on any atom is -0.478 e. The molecule has 0 bridgehead atoms. The highest BCUT2D eigenvalue weighted by molar-refractivity contribution is 6.33. The van der Waals surface area contributed by atoms with E-state index in [1.165, 1.54) is 12.3 Å². The van der Waals surface area contributed by atoms with Crippen LogP contribution in [0, 0.1) is 0 Å². The van der Waals surface area contributed by atoms with Crippen LogP contribution in [0.4, 0.5) is 5.82 Å². The van der Waals surface area contributed by atoms with Gasteiger partial charge in [0.05, 0.1) is 10.6 Å². The summed E-state index contributed by atoms with van der Waals surface area (Å²) >= 11 is 5.72. The second-order valence-corrected chi connectivity index (χ2v) is 4.50. The lowest BCUT2D eigenvalue weighted by Crippen LogP contribution is -2.31. The number of hydrogen-bond donors (Lipinski definition) is 2. The van der Waals surface area contributed by atoms with Crippen LogP contribution in [0.25, 0.3) is 0 Å². The van der Waals surface area contributed by atoms with Crippen molar-refractivity contribution < 1.29 is 14.7 Å². The molecule has 0 radical (unpaired) electrons. The maximum Gasteiger partial charge on any atom is 0.337 e. The van der Waals surface area contributed by atoms with Crippen molar-refractivity contribution in [1.29, 1.82) is 0 Å². The van der Waals surface area contributed by atoms with Crippen LogP contribution in [0.3, 0.4) is 0 Å². The second-order valence-electron chi connectivity index (χ2n) is 4.10. The number of nitrogens with zero attached hydrogens (tertiary/aromatic N) is 2.